The van der Waals surface area contributed by atoms with Crippen LogP contribution in [-0.4, -0.2) is 17.0 Å². The third-order valence-corrected chi connectivity index (χ3v) is 4.27. The second-order valence-corrected chi connectivity index (χ2v) is 5.59. The maximum atomic E-state index is 6.06. The van der Waals surface area contributed by atoms with Crippen molar-refractivity contribution in [3.8, 4) is 22.6 Å². The van der Waals surface area contributed by atoms with Crippen molar-refractivity contribution in [3.63, 3.8) is 0 Å². The topological polar surface area (TPSA) is 73.2 Å². The molecule has 0 saturated heterocycles. The number of nitrogens with two attached hydrogens (primary N) is 1. The Balaban J connectivity index is 1.79. The van der Waals surface area contributed by atoms with E-state index in [1.54, 1.807) is 0 Å². The molecule has 1 fully saturated rings. The summed E-state index contributed by atoms with van der Waals surface area (Å²) in [6.45, 7) is 2.52. The van der Waals surface area contributed by atoms with Crippen LogP contribution in [0.15, 0.2) is 18.2 Å². The SMILES string of the molecule is CC(c1[nH]nc(N)c1-c1ccc2c(c1)OCO2)C1CC1. The lowest BCUT2D eigenvalue weighted by atomic mass is 9.94. The number of H-pyrrole nitrogens is 1. The first-order valence-electron chi connectivity index (χ1n) is 6.98. The number of rotatable bonds is 3. The highest BCUT2D eigenvalue weighted by Crippen LogP contribution is 2.46. The van der Waals surface area contributed by atoms with Gasteiger partial charge in [0.2, 0.25) is 6.79 Å². The molecule has 1 aromatic heterocycles. The van der Waals surface area contributed by atoms with Crippen LogP contribution in [-0.2, 0) is 0 Å². The number of fused-ring (bicyclic) bond motifs is 1. The Bertz CT molecular complexity index is 661. The molecule has 0 radical (unpaired) electrons. The summed E-state index contributed by atoms with van der Waals surface area (Å²) < 4.78 is 10.8. The first-order valence-corrected chi connectivity index (χ1v) is 6.98. The van der Waals surface area contributed by atoms with E-state index in [0.29, 0.717) is 11.7 Å². The van der Waals surface area contributed by atoms with Crippen molar-refractivity contribution in [2.24, 2.45) is 5.92 Å². The smallest absolute Gasteiger partial charge is 0.231 e. The van der Waals surface area contributed by atoms with E-state index in [4.69, 9.17) is 15.2 Å². The number of nitrogens with zero attached hydrogens (tertiary/aromatic N) is 1. The van der Waals surface area contributed by atoms with E-state index in [2.05, 4.69) is 17.1 Å². The molecule has 1 unspecified atom stereocenters. The molecule has 20 heavy (non-hydrogen) atoms. The fourth-order valence-electron chi connectivity index (χ4n) is 2.89. The molecule has 1 aliphatic heterocycles. The summed E-state index contributed by atoms with van der Waals surface area (Å²) in [5.41, 5.74) is 9.22. The number of aromatic amines is 1. The standard InChI is InChI=1S/C15H17N3O2/c1-8(9-2-3-9)14-13(15(16)18-17-14)10-4-5-11-12(6-10)20-7-19-11/h4-6,8-9H,2-3,7H2,1H3,(H3,16,17,18). The van der Waals surface area contributed by atoms with Gasteiger partial charge in [-0.3, -0.25) is 5.10 Å². The quantitative estimate of drug-likeness (QED) is 0.900. The zero-order valence-electron chi connectivity index (χ0n) is 11.3. The lowest BCUT2D eigenvalue weighted by Gasteiger charge is -2.11. The van der Waals surface area contributed by atoms with Crippen LogP contribution in [0.2, 0.25) is 0 Å². The molecule has 2 aliphatic rings. The van der Waals surface area contributed by atoms with Crippen LogP contribution in [0.1, 0.15) is 31.4 Å². The molecule has 1 aromatic carbocycles. The van der Waals surface area contributed by atoms with Crippen molar-refractivity contribution in [1.82, 2.24) is 10.2 Å². The predicted molar refractivity (Wildman–Crippen MR) is 75.7 cm³/mol. The summed E-state index contributed by atoms with van der Waals surface area (Å²) in [6, 6.07) is 5.92. The van der Waals surface area contributed by atoms with Crippen LogP contribution in [0.25, 0.3) is 11.1 Å². The Labute approximate surface area is 117 Å². The van der Waals surface area contributed by atoms with Gasteiger partial charge in [-0.05, 0) is 36.5 Å². The lowest BCUT2D eigenvalue weighted by molar-refractivity contribution is 0.174. The number of ether oxygens (including phenoxy) is 2. The maximum Gasteiger partial charge on any atom is 0.231 e. The van der Waals surface area contributed by atoms with E-state index in [1.807, 2.05) is 18.2 Å². The Kier molecular flexibility index (Phi) is 2.42. The monoisotopic (exact) mass is 271 g/mol. The van der Waals surface area contributed by atoms with Gasteiger partial charge in [0.25, 0.3) is 0 Å². The molecule has 0 amide bonds. The number of aromatic nitrogens is 2. The highest BCUT2D eigenvalue weighted by atomic mass is 16.7. The van der Waals surface area contributed by atoms with Crippen LogP contribution < -0.4 is 15.2 Å². The third-order valence-electron chi connectivity index (χ3n) is 4.27. The van der Waals surface area contributed by atoms with E-state index >= 15 is 0 Å². The number of anilines is 1. The molecular formula is C15H17N3O2. The van der Waals surface area contributed by atoms with Crippen LogP contribution in [0.4, 0.5) is 5.82 Å². The Morgan fingerprint density at radius 2 is 2.10 bits per heavy atom. The van der Waals surface area contributed by atoms with Gasteiger partial charge < -0.3 is 15.2 Å². The van der Waals surface area contributed by atoms with Crippen LogP contribution in [0, 0.1) is 5.92 Å². The molecular weight excluding hydrogens is 254 g/mol. The molecule has 104 valence electrons. The van der Waals surface area contributed by atoms with Gasteiger partial charge in [0.05, 0.1) is 0 Å². The number of nitrogen functional groups attached to an aromatic ring is 1. The number of nitrogens with one attached hydrogen (secondary N) is 1. The van der Waals surface area contributed by atoms with E-state index < -0.39 is 0 Å². The second kappa shape index (κ2) is 4.16. The molecule has 4 rings (SSSR count). The number of hydrogen-bond donors (Lipinski definition) is 2. The van der Waals surface area contributed by atoms with Gasteiger partial charge in [-0.25, -0.2) is 0 Å². The fraction of sp³-hybridized carbons (Fsp3) is 0.400. The van der Waals surface area contributed by atoms with Crippen molar-refractivity contribution in [2.75, 3.05) is 12.5 Å². The average molecular weight is 271 g/mol. The normalized spacial score (nSPS) is 18.2. The summed E-state index contributed by atoms with van der Waals surface area (Å²) in [6.07, 6.45) is 2.58. The van der Waals surface area contributed by atoms with Gasteiger partial charge in [-0.2, -0.15) is 5.10 Å². The Morgan fingerprint density at radius 1 is 1.30 bits per heavy atom. The summed E-state index contributed by atoms with van der Waals surface area (Å²) >= 11 is 0. The van der Waals surface area contributed by atoms with Crippen molar-refractivity contribution in [1.29, 1.82) is 0 Å². The molecule has 1 atom stereocenters. The molecule has 2 aromatic rings. The zero-order valence-corrected chi connectivity index (χ0v) is 11.3. The minimum Gasteiger partial charge on any atom is -0.454 e. The molecule has 1 aliphatic carbocycles. The van der Waals surface area contributed by atoms with Gasteiger partial charge in [-0.1, -0.05) is 13.0 Å². The second-order valence-electron chi connectivity index (χ2n) is 5.59. The molecule has 1 saturated carbocycles. The van der Waals surface area contributed by atoms with Crippen molar-refractivity contribution in [2.45, 2.75) is 25.7 Å². The first-order chi connectivity index (χ1) is 9.74. The molecule has 5 heteroatoms. The van der Waals surface area contributed by atoms with Gasteiger partial charge in [0.1, 0.15) is 0 Å². The Morgan fingerprint density at radius 3 is 2.90 bits per heavy atom. The van der Waals surface area contributed by atoms with Crippen LogP contribution in [0.3, 0.4) is 0 Å². The van der Waals surface area contributed by atoms with Crippen molar-refractivity contribution >= 4 is 5.82 Å². The van der Waals surface area contributed by atoms with Crippen molar-refractivity contribution in [3.05, 3.63) is 23.9 Å². The number of benzene rings is 1. The van der Waals surface area contributed by atoms with Crippen LogP contribution in [0.5, 0.6) is 11.5 Å². The largest absolute Gasteiger partial charge is 0.454 e. The fourth-order valence-corrected chi connectivity index (χ4v) is 2.89. The first kappa shape index (κ1) is 11.6. The van der Waals surface area contributed by atoms with Crippen molar-refractivity contribution < 1.29 is 9.47 Å². The third kappa shape index (κ3) is 1.73. The minimum atomic E-state index is 0.283. The van der Waals surface area contributed by atoms with Gasteiger partial charge in [0.15, 0.2) is 17.3 Å². The van der Waals surface area contributed by atoms with E-state index in [-0.39, 0.29) is 6.79 Å². The molecule has 2 heterocycles. The maximum absolute atomic E-state index is 6.06. The van der Waals surface area contributed by atoms with Gasteiger partial charge >= 0.3 is 0 Å². The predicted octanol–water partition coefficient (Wildman–Crippen LogP) is 2.90. The Hall–Kier alpha value is -2.17. The van der Waals surface area contributed by atoms with Crippen LogP contribution >= 0.6 is 0 Å². The molecule has 0 bridgehead atoms. The average Bonchev–Trinajstić information content (AvgIpc) is 3.08. The van der Waals surface area contributed by atoms with Gasteiger partial charge in [0, 0.05) is 17.2 Å². The minimum absolute atomic E-state index is 0.283. The summed E-state index contributed by atoms with van der Waals surface area (Å²) in [4.78, 5) is 0. The van der Waals surface area contributed by atoms with E-state index in [0.717, 1.165) is 34.2 Å². The van der Waals surface area contributed by atoms with Gasteiger partial charge in [-0.15, -0.1) is 0 Å². The van der Waals surface area contributed by atoms with E-state index in [9.17, 15) is 0 Å². The zero-order chi connectivity index (χ0) is 13.7. The molecule has 3 N–H and O–H groups in total. The summed E-state index contributed by atoms with van der Waals surface area (Å²) in [5, 5.41) is 7.31. The highest BCUT2D eigenvalue weighted by Gasteiger charge is 2.32. The highest BCUT2D eigenvalue weighted by molar-refractivity contribution is 5.78. The summed E-state index contributed by atoms with van der Waals surface area (Å²) in [7, 11) is 0. The molecule has 0 spiro atoms. The molecule has 5 nitrogen and oxygen atoms in total. The van der Waals surface area contributed by atoms with E-state index in [1.165, 1.54) is 12.8 Å². The number of hydrogen-bond acceptors (Lipinski definition) is 4. The lowest BCUT2D eigenvalue weighted by Crippen LogP contribution is -1.99. The summed E-state index contributed by atoms with van der Waals surface area (Å²) in [5.74, 6) is 3.31.